The minimum atomic E-state index is -0.375. The number of nitriles is 1. The Labute approximate surface area is 175 Å². The van der Waals surface area contributed by atoms with Crippen LogP contribution in [0.4, 0.5) is 4.79 Å². The Hall–Kier alpha value is -3.04. The summed E-state index contributed by atoms with van der Waals surface area (Å²) in [5.41, 5.74) is 7.72. The maximum atomic E-state index is 12.2. The van der Waals surface area contributed by atoms with Crippen LogP contribution in [0.1, 0.15) is 47.7 Å². The highest BCUT2D eigenvalue weighted by Gasteiger charge is 2.27. The van der Waals surface area contributed by atoms with E-state index in [4.69, 9.17) is 21.9 Å². The quantitative estimate of drug-likeness (QED) is 0.609. The maximum Gasteiger partial charge on any atom is 0.415 e. The van der Waals surface area contributed by atoms with Crippen LogP contribution in [-0.4, -0.2) is 34.1 Å². The Morgan fingerprint density at radius 2 is 1.93 bits per heavy atom. The predicted octanol–water partition coefficient (Wildman–Crippen LogP) is 4.43. The van der Waals surface area contributed by atoms with E-state index in [9.17, 15) is 10.1 Å². The Bertz CT molecular complexity index is 1060. The summed E-state index contributed by atoms with van der Waals surface area (Å²) in [4.78, 5) is 18.6. The maximum absolute atomic E-state index is 12.2. The molecule has 2 aliphatic rings. The van der Waals surface area contributed by atoms with Crippen molar-refractivity contribution < 1.29 is 9.53 Å². The largest absolute Gasteiger partial charge is 0.415 e. The Kier molecular flexibility index (Phi) is 5.41. The topological polar surface area (TPSA) is 66.2 Å². The van der Waals surface area contributed by atoms with E-state index >= 15 is 0 Å². The van der Waals surface area contributed by atoms with Crippen molar-refractivity contribution in [2.24, 2.45) is 0 Å². The highest BCUT2D eigenvalue weighted by Crippen LogP contribution is 2.38. The summed E-state index contributed by atoms with van der Waals surface area (Å²) < 4.78 is 5.09. The molecule has 146 valence electrons. The van der Waals surface area contributed by atoms with Crippen LogP contribution in [0, 0.1) is 11.3 Å². The van der Waals surface area contributed by atoms with Gasteiger partial charge in [0.1, 0.15) is 0 Å². The van der Waals surface area contributed by atoms with Gasteiger partial charge in [0.25, 0.3) is 0 Å². The molecule has 6 heteroatoms. The van der Waals surface area contributed by atoms with E-state index in [-0.39, 0.29) is 11.1 Å². The third-order valence-electron chi connectivity index (χ3n) is 5.51. The summed E-state index contributed by atoms with van der Waals surface area (Å²) >= 11 is 4.88. The monoisotopic (exact) mass is 403 g/mol. The zero-order valence-corrected chi connectivity index (χ0v) is 17.1. The van der Waals surface area contributed by atoms with Gasteiger partial charge in [-0.3, -0.25) is 4.98 Å². The van der Waals surface area contributed by atoms with Gasteiger partial charge in [0.2, 0.25) is 0 Å². The van der Waals surface area contributed by atoms with Gasteiger partial charge in [-0.1, -0.05) is 17.7 Å². The summed E-state index contributed by atoms with van der Waals surface area (Å²) in [7, 11) is 0. The third-order valence-corrected chi connectivity index (χ3v) is 5.59. The molecule has 0 atom stereocenters. The van der Waals surface area contributed by atoms with Crippen molar-refractivity contribution in [3.05, 3.63) is 70.0 Å². The lowest BCUT2D eigenvalue weighted by Gasteiger charge is -2.29. The molecule has 4 rings (SSSR count). The molecule has 1 aliphatic heterocycles. The van der Waals surface area contributed by atoms with Crippen LogP contribution >= 0.6 is 12.2 Å². The molecule has 5 nitrogen and oxygen atoms in total. The van der Waals surface area contributed by atoms with Gasteiger partial charge in [0.05, 0.1) is 17.3 Å². The number of pyridine rings is 1. The minimum Gasteiger partial charge on any atom is -0.403 e. The first kappa shape index (κ1) is 19.3. The minimum absolute atomic E-state index is 0.239. The molecule has 29 heavy (non-hydrogen) atoms. The Balaban J connectivity index is 1.74. The van der Waals surface area contributed by atoms with Gasteiger partial charge in [-0.05, 0) is 72.8 Å². The van der Waals surface area contributed by atoms with Gasteiger partial charge in [0.15, 0.2) is 5.05 Å². The number of likely N-dealkylation sites (tertiary alicyclic amines) is 1. The summed E-state index contributed by atoms with van der Waals surface area (Å²) in [6.45, 7) is 2.78. The van der Waals surface area contributed by atoms with Gasteiger partial charge < -0.3 is 9.64 Å². The number of carbonyl (C=O) groups is 1. The van der Waals surface area contributed by atoms with E-state index in [1.165, 1.54) is 16.7 Å². The number of aryl methyl sites for hydroxylation is 2. The van der Waals surface area contributed by atoms with Crippen LogP contribution in [0.15, 0.2) is 42.1 Å². The molecule has 1 aromatic heterocycles. The number of hydrogen-bond acceptors (Lipinski definition) is 5. The lowest BCUT2D eigenvalue weighted by Crippen LogP contribution is -2.37. The van der Waals surface area contributed by atoms with Gasteiger partial charge in [0, 0.05) is 31.8 Å². The van der Waals surface area contributed by atoms with E-state index in [2.05, 4.69) is 18.2 Å². The molecule has 2 heterocycles. The summed E-state index contributed by atoms with van der Waals surface area (Å²) in [6, 6.07) is 12.3. The fourth-order valence-electron chi connectivity index (χ4n) is 4.13. The molecule has 0 saturated carbocycles. The van der Waals surface area contributed by atoms with E-state index in [1.807, 2.05) is 24.4 Å². The van der Waals surface area contributed by atoms with Crippen LogP contribution in [0.5, 0.6) is 0 Å². The van der Waals surface area contributed by atoms with Gasteiger partial charge in [-0.2, -0.15) is 5.26 Å². The predicted molar refractivity (Wildman–Crippen MR) is 114 cm³/mol. The first-order valence-corrected chi connectivity index (χ1v) is 10.1. The summed E-state index contributed by atoms with van der Waals surface area (Å²) in [5, 5.41) is 9.55. The van der Waals surface area contributed by atoms with Crippen LogP contribution in [0.2, 0.25) is 0 Å². The van der Waals surface area contributed by atoms with Crippen molar-refractivity contribution >= 4 is 28.9 Å². The summed E-state index contributed by atoms with van der Waals surface area (Å²) in [6.07, 6.45) is 4.76. The molecule has 0 bridgehead atoms. The van der Waals surface area contributed by atoms with Crippen LogP contribution in [0.25, 0.3) is 5.57 Å². The number of nitrogens with zero attached hydrogens (tertiary/aromatic N) is 3. The average molecular weight is 404 g/mol. The number of fused-ring (bicyclic) bond motifs is 2. The highest BCUT2D eigenvalue weighted by molar-refractivity contribution is 7.80. The number of thiocarbonyl (C=S) groups is 1. The van der Waals surface area contributed by atoms with Crippen molar-refractivity contribution in [2.75, 3.05) is 13.1 Å². The fraction of sp³-hybridized carbons (Fsp3) is 0.304. The van der Waals surface area contributed by atoms with Crippen molar-refractivity contribution in [1.29, 1.82) is 5.26 Å². The SMILES string of the molecule is CC(=S)OC(=O)N1CCC(=C2c3ccc(C#N)cc3CCc3cccnc32)CC1. The number of rotatable bonds is 0. The van der Waals surface area contributed by atoms with Crippen LogP contribution in [0.3, 0.4) is 0 Å². The Morgan fingerprint density at radius 3 is 2.66 bits per heavy atom. The standard InChI is InChI=1S/C23H21N3O2S/c1-15(29)28-23(27)26-11-8-17(9-12-26)21-20-7-4-16(14-24)13-19(20)6-5-18-3-2-10-25-22(18)21/h2-4,7,10,13H,5-6,8-9,11-12H2,1H3. The average Bonchev–Trinajstić information content (AvgIpc) is 2.89. The fourth-order valence-corrected chi connectivity index (χ4v) is 4.20. The van der Waals surface area contributed by atoms with Crippen molar-refractivity contribution in [2.45, 2.75) is 32.6 Å². The Morgan fingerprint density at radius 1 is 1.17 bits per heavy atom. The smallest absolute Gasteiger partial charge is 0.403 e. The number of aromatic nitrogens is 1. The van der Waals surface area contributed by atoms with Crippen molar-refractivity contribution in [3.8, 4) is 6.07 Å². The summed E-state index contributed by atoms with van der Waals surface area (Å²) in [5.74, 6) is 0. The molecule has 0 unspecified atom stereocenters. The zero-order chi connectivity index (χ0) is 20.4. The van der Waals surface area contributed by atoms with Gasteiger partial charge in [-0.15, -0.1) is 0 Å². The second-order valence-corrected chi connectivity index (χ2v) is 7.89. The highest BCUT2D eigenvalue weighted by atomic mass is 32.1. The van der Waals surface area contributed by atoms with E-state index in [0.29, 0.717) is 18.7 Å². The molecule has 1 fully saturated rings. The first-order chi connectivity index (χ1) is 14.1. The number of ether oxygens (including phenoxy) is 1. The number of benzene rings is 1. The van der Waals surface area contributed by atoms with Gasteiger partial charge >= 0.3 is 6.09 Å². The van der Waals surface area contributed by atoms with Crippen LogP contribution in [-0.2, 0) is 17.6 Å². The molecule has 1 amide bonds. The lowest BCUT2D eigenvalue weighted by molar-refractivity contribution is 0.146. The number of amides is 1. The molecule has 1 saturated heterocycles. The lowest BCUT2D eigenvalue weighted by atomic mass is 9.88. The molecule has 2 aromatic rings. The zero-order valence-electron chi connectivity index (χ0n) is 16.3. The van der Waals surface area contributed by atoms with Gasteiger partial charge in [-0.25, -0.2) is 4.79 Å². The second kappa shape index (κ2) is 8.14. The van der Waals surface area contributed by atoms with Crippen molar-refractivity contribution in [1.82, 2.24) is 9.88 Å². The molecule has 1 aromatic carbocycles. The third kappa shape index (κ3) is 3.92. The first-order valence-electron chi connectivity index (χ1n) is 9.74. The molecular weight excluding hydrogens is 382 g/mol. The van der Waals surface area contributed by atoms with Crippen LogP contribution < -0.4 is 0 Å². The molecule has 0 radical (unpaired) electrons. The van der Waals surface area contributed by atoms with E-state index < -0.39 is 0 Å². The molecular formula is C23H21N3O2S. The number of hydrogen-bond donors (Lipinski definition) is 0. The van der Waals surface area contributed by atoms with E-state index in [1.54, 1.807) is 11.8 Å². The number of carbonyl (C=O) groups excluding carboxylic acids is 1. The molecule has 1 aliphatic carbocycles. The number of piperidine rings is 1. The normalized spacial score (nSPS) is 15.7. The van der Waals surface area contributed by atoms with Crippen molar-refractivity contribution in [3.63, 3.8) is 0 Å². The molecule has 0 N–H and O–H groups in total. The second-order valence-electron chi connectivity index (χ2n) is 7.32. The van der Waals surface area contributed by atoms with E-state index in [0.717, 1.165) is 42.5 Å². The molecule has 0 spiro atoms.